The lowest BCUT2D eigenvalue weighted by atomic mass is 9.90. The lowest BCUT2D eigenvalue weighted by Gasteiger charge is -2.37. The summed E-state index contributed by atoms with van der Waals surface area (Å²) >= 11 is 2.16. The molecule has 0 saturated heterocycles. The molecule has 0 fully saturated rings. The van der Waals surface area contributed by atoms with Gasteiger partial charge in [0.1, 0.15) is 23.7 Å². The highest BCUT2D eigenvalue weighted by atomic mass is 127. The lowest BCUT2D eigenvalue weighted by molar-refractivity contribution is 0.0975. The Labute approximate surface area is 202 Å². The van der Waals surface area contributed by atoms with Crippen LogP contribution in [0.1, 0.15) is 31.9 Å². The minimum Gasteiger partial charge on any atom is -0.493 e. The van der Waals surface area contributed by atoms with Crippen LogP contribution in [0.4, 0.5) is 15.9 Å². The summed E-state index contributed by atoms with van der Waals surface area (Å²) in [5, 5.41) is 4.22. The Balaban J connectivity index is 2.09. The molecule has 0 spiro atoms. The van der Waals surface area contributed by atoms with Crippen molar-refractivity contribution in [3.63, 3.8) is 0 Å². The van der Waals surface area contributed by atoms with Crippen LogP contribution < -0.4 is 10.1 Å². The van der Waals surface area contributed by atoms with Gasteiger partial charge < -0.3 is 14.8 Å². The average molecular weight is 552 g/mol. The molecule has 1 aromatic heterocycles. The molecule has 2 aromatic carbocycles. The summed E-state index contributed by atoms with van der Waals surface area (Å²) < 4.78 is 25.8. The molecule has 0 amide bonds. The monoisotopic (exact) mass is 552 g/mol. The SMILES string of the molecule is CCOc1cc2ncnc(Nc3ccc(F)c(CI)c3)c2cc1C(C)(C)N(C)CCOC. The molecule has 0 atom stereocenters. The Hall–Kier alpha value is -2.04. The van der Waals surface area contributed by atoms with Crippen LogP contribution in [0.3, 0.4) is 0 Å². The summed E-state index contributed by atoms with van der Waals surface area (Å²) in [4.78, 5) is 11.2. The number of fused-ring (bicyclic) bond motifs is 1. The maximum absolute atomic E-state index is 13.9. The number of nitrogens with zero attached hydrogens (tertiary/aromatic N) is 3. The van der Waals surface area contributed by atoms with Gasteiger partial charge in [0.05, 0.1) is 18.7 Å². The fourth-order valence-electron chi connectivity index (χ4n) is 3.54. The maximum Gasteiger partial charge on any atom is 0.141 e. The molecule has 32 heavy (non-hydrogen) atoms. The Morgan fingerprint density at radius 2 is 1.97 bits per heavy atom. The van der Waals surface area contributed by atoms with Gasteiger partial charge in [0.15, 0.2) is 0 Å². The van der Waals surface area contributed by atoms with E-state index in [2.05, 4.69) is 69.7 Å². The minimum absolute atomic E-state index is 0.206. The molecule has 1 heterocycles. The van der Waals surface area contributed by atoms with E-state index in [0.717, 1.165) is 34.4 Å². The number of alkyl halides is 1. The van der Waals surface area contributed by atoms with E-state index in [1.807, 2.05) is 19.1 Å². The van der Waals surface area contributed by atoms with Gasteiger partial charge in [0, 0.05) is 46.3 Å². The molecule has 1 N–H and O–H groups in total. The first-order valence-corrected chi connectivity index (χ1v) is 12.1. The number of ether oxygens (including phenoxy) is 2. The number of aromatic nitrogens is 2. The predicted octanol–water partition coefficient (Wildman–Crippen LogP) is 5.66. The second-order valence-corrected chi connectivity index (χ2v) is 8.82. The van der Waals surface area contributed by atoms with Gasteiger partial charge in [-0.2, -0.15) is 0 Å². The molecule has 6 nitrogen and oxygen atoms in total. The van der Waals surface area contributed by atoms with Crippen molar-refractivity contribution in [2.75, 3.05) is 39.2 Å². The molecule has 0 saturated carbocycles. The Morgan fingerprint density at radius 3 is 2.66 bits per heavy atom. The highest BCUT2D eigenvalue weighted by Crippen LogP contribution is 2.38. The topological polar surface area (TPSA) is 59.5 Å². The number of halogens is 2. The molecule has 0 unspecified atom stereocenters. The van der Waals surface area contributed by atoms with Gasteiger partial charge in [-0.3, -0.25) is 4.90 Å². The van der Waals surface area contributed by atoms with E-state index < -0.39 is 0 Å². The molecule has 0 aliphatic rings. The smallest absolute Gasteiger partial charge is 0.141 e. The second-order valence-electron chi connectivity index (χ2n) is 8.06. The number of nitrogens with one attached hydrogen (secondary N) is 1. The molecular weight excluding hydrogens is 522 g/mol. The van der Waals surface area contributed by atoms with Crippen molar-refractivity contribution in [1.82, 2.24) is 14.9 Å². The van der Waals surface area contributed by atoms with Gasteiger partial charge in [0.25, 0.3) is 0 Å². The minimum atomic E-state index is -0.325. The van der Waals surface area contributed by atoms with Crippen molar-refractivity contribution in [2.45, 2.75) is 30.7 Å². The van der Waals surface area contributed by atoms with Crippen LogP contribution >= 0.6 is 22.6 Å². The Bertz CT molecular complexity index is 1080. The predicted molar refractivity (Wildman–Crippen MR) is 136 cm³/mol. The number of hydrogen-bond donors (Lipinski definition) is 1. The molecule has 3 rings (SSSR count). The molecule has 0 bridgehead atoms. The fraction of sp³-hybridized carbons (Fsp3) is 0.417. The highest BCUT2D eigenvalue weighted by molar-refractivity contribution is 14.1. The van der Waals surface area contributed by atoms with Crippen molar-refractivity contribution in [3.8, 4) is 5.75 Å². The van der Waals surface area contributed by atoms with E-state index >= 15 is 0 Å². The average Bonchev–Trinajstić information content (AvgIpc) is 2.78. The molecule has 0 aliphatic heterocycles. The molecule has 3 aromatic rings. The van der Waals surface area contributed by atoms with Crippen LogP contribution in [0.2, 0.25) is 0 Å². The van der Waals surface area contributed by atoms with Gasteiger partial charge >= 0.3 is 0 Å². The van der Waals surface area contributed by atoms with Gasteiger partial charge in [-0.15, -0.1) is 0 Å². The zero-order valence-corrected chi connectivity index (χ0v) is 21.4. The summed E-state index contributed by atoms with van der Waals surface area (Å²) in [6.45, 7) is 8.27. The summed E-state index contributed by atoms with van der Waals surface area (Å²) in [6.07, 6.45) is 1.53. The Kier molecular flexibility index (Phi) is 8.24. The fourth-order valence-corrected chi connectivity index (χ4v) is 4.13. The van der Waals surface area contributed by atoms with E-state index in [1.165, 1.54) is 12.4 Å². The quantitative estimate of drug-likeness (QED) is 0.259. The van der Waals surface area contributed by atoms with Crippen LogP contribution in [-0.4, -0.2) is 48.8 Å². The van der Waals surface area contributed by atoms with E-state index in [1.54, 1.807) is 13.2 Å². The first-order valence-electron chi connectivity index (χ1n) is 10.6. The number of hydrogen-bond acceptors (Lipinski definition) is 6. The number of likely N-dealkylation sites (N-methyl/N-ethyl adjacent to an activating group) is 1. The molecule has 0 aliphatic carbocycles. The standard InChI is InChI=1S/C24H30FIN4O2/c1-6-32-22-13-21-18(12-19(22)24(2,3)30(4)9-10-31-5)23(28-15-27-21)29-17-7-8-20(25)16(11-17)14-26/h7-8,11-13,15H,6,9-10,14H2,1-5H3,(H,27,28,29). The van der Waals surface area contributed by atoms with Crippen LogP contribution in [-0.2, 0) is 14.7 Å². The summed E-state index contributed by atoms with van der Waals surface area (Å²) in [6, 6.07) is 9.07. The summed E-state index contributed by atoms with van der Waals surface area (Å²) in [7, 11) is 3.78. The van der Waals surface area contributed by atoms with Crippen molar-refractivity contribution in [1.29, 1.82) is 0 Å². The zero-order chi connectivity index (χ0) is 23.3. The first-order chi connectivity index (χ1) is 15.3. The van der Waals surface area contributed by atoms with Crippen LogP contribution in [0, 0.1) is 5.82 Å². The highest BCUT2D eigenvalue weighted by Gasteiger charge is 2.30. The number of methoxy groups -OCH3 is 1. The number of benzene rings is 2. The van der Waals surface area contributed by atoms with Gasteiger partial charge in [-0.05, 0) is 57.6 Å². The Morgan fingerprint density at radius 1 is 1.19 bits per heavy atom. The van der Waals surface area contributed by atoms with Crippen molar-refractivity contribution in [3.05, 3.63) is 53.6 Å². The molecular formula is C24H30FIN4O2. The molecule has 172 valence electrons. The van der Waals surface area contributed by atoms with Crippen LogP contribution in [0.25, 0.3) is 10.9 Å². The third-order valence-electron chi connectivity index (χ3n) is 5.73. The van der Waals surface area contributed by atoms with Crippen molar-refractivity contribution < 1.29 is 13.9 Å². The van der Waals surface area contributed by atoms with Crippen LogP contribution in [0.15, 0.2) is 36.7 Å². The van der Waals surface area contributed by atoms with E-state index in [0.29, 0.717) is 29.0 Å². The molecule has 8 heteroatoms. The third-order valence-corrected chi connectivity index (χ3v) is 6.55. The largest absolute Gasteiger partial charge is 0.493 e. The first kappa shape index (κ1) is 24.6. The van der Waals surface area contributed by atoms with Crippen molar-refractivity contribution in [2.24, 2.45) is 0 Å². The van der Waals surface area contributed by atoms with E-state index in [9.17, 15) is 4.39 Å². The summed E-state index contributed by atoms with van der Waals surface area (Å²) in [5.74, 6) is 1.26. The second kappa shape index (κ2) is 10.7. The summed E-state index contributed by atoms with van der Waals surface area (Å²) in [5.41, 5.74) is 2.92. The lowest BCUT2D eigenvalue weighted by Crippen LogP contribution is -2.40. The van der Waals surface area contributed by atoms with E-state index in [4.69, 9.17) is 9.47 Å². The molecule has 0 radical (unpaired) electrons. The zero-order valence-electron chi connectivity index (χ0n) is 19.2. The normalized spacial score (nSPS) is 11.9. The number of anilines is 2. The van der Waals surface area contributed by atoms with Crippen LogP contribution in [0.5, 0.6) is 5.75 Å². The third kappa shape index (κ3) is 5.29. The van der Waals surface area contributed by atoms with Gasteiger partial charge in [-0.25, -0.2) is 14.4 Å². The maximum atomic E-state index is 13.9. The van der Waals surface area contributed by atoms with Gasteiger partial charge in [0.2, 0.25) is 0 Å². The van der Waals surface area contributed by atoms with Gasteiger partial charge in [-0.1, -0.05) is 22.6 Å². The van der Waals surface area contributed by atoms with E-state index in [-0.39, 0.29) is 11.4 Å². The van der Waals surface area contributed by atoms with Crippen molar-refractivity contribution >= 4 is 45.0 Å². The number of rotatable bonds is 10.